The number of benzene rings is 2. The molecule has 2 rings (SSSR count). The maximum absolute atomic E-state index is 6.06. The summed E-state index contributed by atoms with van der Waals surface area (Å²) in [6.45, 7) is 7.26. The lowest BCUT2D eigenvalue weighted by Crippen LogP contribution is -2.15. The van der Waals surface area contributed by atoms with Gasteiger partial charge in [0.25, 0.3) is 0 Å². The Kier molecular flexibility index (Phi) is 6.23. The maximum Gasteiger partial charge on any atom is 0.122 e. The van der Waals surface area contributed by atoms with Crippen LogP contribution in [0.4, 0.5) is 0 Å². The van der Waals surface area contributed by atoms with Crippen LogP contribution in [-0.4, -0.2) is 13.7 Å². The molecule has 0 aromatic heterocycles. The highest BCUT2D eigenvalue weighted by atomic mass is 16.5. The maximum atomic E-state index is 6.06. The number of nitrogens with two attached hydrogens (primary N) is 1. The predicted molar refractivity (Wildman–Crippen MR) is 98.4 cm³/mol. The fraction of sp³-hybridized carbons (Fsp3) is 0.429. The summed E-state index contributed by atoms with van der Waals surface area (Å²) >= 11 is 0. The van der Waals surface area contributed by atoms with Gasteiger partial charge in [-0.3, -0.25) is 0 Å². The summed E-state index contributed by atoms with van der Waals surface area (Å²) < 4.78 is 5.43. The van der Waals surface area contributed by atoms with Crippen LogP contribution in [0.5, 0.6) is 5.75 Å². The van der Waals surface area contributed by atoms with E-state index in [1.807, 2.05) is 0 Å². The van der Waals surface area contributed by atoms with Gasteiger partial charge in [-0.15, -0.1) is 0 Å². The van der Waals surface area contributed by atoms with Crippen molar-refractivity contribution in [3.05, 3.63) is 64.7 Å². The van der Waals surface area contributed by atoms with Crippen molar-refractivity contribution in [3.8, 4) is 5.75 Å². The predicted octanol–water partition coefficient (Wildman–Crippen LogP) is 4.67. The molecule has 23 heavy (non-hydrogen) atoms. The molecule has 2 aromatic carbocycles. The quantitative estimate of drug-likeness (QED) is 0.806. The fourth-order valence-electron chi connectivity index (χ4n) is 2.99. The van der Waals surface area contributed by atoms with Crippen LogP contribution in [0, 0.1) is 0 Å². The molecule has 0 aliphatic heterocycles. The largest absolute Gasteiger partial charge is 0.496 e. The number of ether oxygens (including phenoxy) is 1. The van der Waals surface area contributed by atoms with Crippen LogP contribution in [0.1, 0.15) is 54.9 Å². The second-order valence-corrected chi connectivity index (χ2v) is 6.46. The zero-order valence-corrected chi connectivity index (χ0v) is 14.8. The van der Waals surface area contributed by atoms with Crippen LogP contribution in [0.25, 0.3) is 0 Å². The molecule has 2 heteroatoms. The van der Waals surface area contributed by atoms with Gasteiger partial charge in [0.1, 0.15) is 5.75 Å². The Morgan fingerprint density at radius 3 is 2.17 bits per heavy atom. The Hall–Kier alpha value is -1.80. The van der Waals surface area contributed by atoms with Gasteiger partial charge in [-0.05, 0) is 53.6 Å². The van der Waals surface area contributed by atoms with Crippen molar-refractivity contribution in [2.75, 3.05) is 13.7 Å². The molecular weight excluding hydrogens is 282 g/mol. The third-order valence-electron chi connectivity index (χ3n) is 4.57. The zero-order chi connectivity index (χ0) is 16.8. The number of methoxy groups -OCH3 is 1. The summed E-state index contributed by atoms with van der Waals surface area (Å²) in [5.41, 5.74) is 11.3. The highest BCUT2D eigenvalue weighted by molar-refractivity contribution is 5.39. The molecule has 0 spiro atoms. The van der Waals surface area contributed by atoms with E-state index in [4.69, 9.17) is 10.5 Å². The lowest BCUT2D eigenvalue weighted by atomic mass is 9.89. The molecule has 0 saturated carbocycles. The summed E-state index contributed by atoms with van der Waals surface area (Å²) in [7, 11) is 1.73. The molecule has 0 amide bonds. The van der Waals surface area contributed by atoms with Crippen LogP contribution < -0.4 is 10.5 Å². The Balaban J connectivity index is 2.19. The average molecular weight is 311 g/mol. The first-order valence-electron chi connectivity index (χ1n) is 8.54. The molecule has 2 aromatic rings. The molecule has 0 fully saturated rings. The van der Waals surface area contributed by atoms with Crippen LogP contribution >= 0.6 is 0 Å². The van der Waals surface area contributed by atoms with Crippen molar-refractivity contribution in [2.45, 2.75) is 45.4 Å². The van der Waals surface area contributed by atoms with Crippen LogP contribution in [0.2, 0.25) is 0 Å². The second kappa shape index (κ2) is 8.16. The first-order valence-corrected chi connectivity index (χ1v) is 8.54. The monoisotopic (exact) mass is 311 g/mol. The van der Waals surface area contributed by atoms with E-state index >= 15 is 0 Å². The van der Waals surface area contributed by atoms with E-state index in [1.165, 1.54) is 22.3 Å². The third-order valence-corrected chi connectivity index (χ3v) is 4.57. The average Bonchev–Trinajstić information content (AvgIpc) is 2.59. The highest BCUT2D eigenvalue weighted by Gasteiger charge is 2.13. The fourth-order valence-corrected chi connectivity index (χ4v) is 2.99. The number of hydrogen-bond donors (Lipinski definition) is 1. The van der Waals surface area contributed by atoms with Crippen LogP contribution in [-0.2, 0) is 12.8 Å². The molecular formula is C21H29NO. The van der Waals surface area contributed by atoms with E-state index in [0.717, 1.165) is 18.6 Å². The van der Waals surface area contributed by atoms with E-state index in [9.17, 15) is 0 Å². The lowest BCUT2D eigenvalue weighted by Gasteiger charge is -2.18. The number of aryl methyl sites for hydroxylation is 1. The third kappa shape index (κ3) is 4.35. The highest BCUT2D eigenvalue weighted by Crippen LogP contribution is 2.27. The lowest BCUT2D eigenvalue weighted by molar-refractivity contribution is 0.410. The first kappa shape index (κ1) is 17.6. The zero-order valence-electron chi connectivity index (χ0n) is 14.8. The van der Waals surface area contributed by atoms with Gasteiger partial charge in [0.2, 0.25) is 0 Å². The molecule has 0 radical (unpaired) electrons. The van der Waals surface area contributed by atoms with Gasteiger partial charge in [0.15, 0.2) is 0 Å². The SMILES string of the molecule is CCc1cc(C(CN)Cc2ccc(C(C)C)cc2)ccc1OC. The standard InChI is InChI=1S/C21H29NO/c1-5-17-13-19(10-11-21(17)23-4)20(14-22)12-16-6-8-18(9-7-16)15(2)3/h6-11,13,15,20H,5,12,14,22H2,1-4H3. The van der Waals surface area contributed by atoms with Crippen LogP contribution in [0.3, 0.4) is 0 Å². The molecule has 0 aliphatic rings. The number of rotatable bonds is 7. The minimum atomic E-state index is 0.344. The molecule has 0 aliphatic carbocycles. The molecule has 124 valence electrons. The summed E-state index contributed by atoms with van der Waals surface area (Å²) in [5, 5.41) is 0. The minimum Gasteiger partial charge on any atom is -0.496 e. The van der Waals surface area contributed by atoms with Gasteiger partial charge < -0.3 is 10.5 Å². The molecule has 1 atom stereocenters. The summed E-state index contributed by atoms with van der Waals surface area (Å²) in [4.78, 5) is 0. The second-order valence-electron chi connectivity index (χ2n) is 6.46. The number of hydrogen-bond acceptors (Lipinski definition) is 2. The van der Waals surface area contributed by atoms with Crippen molar-refractivity contribution < 1.29 is 4.74 Å². The van der Waals surface area contributed by atoms with E-state index < -0.39 is 0 Å². The summed E-state index contributed by atoms with van der Waals surface area (Å²) in [5.74, 6) is 1.88. The van der Waals surface area contributed by atoms with E-state index in [2.05, 4.69) is 63.2 Å². The van der Waals surface area contributed by atoms with Gasteiger partial charge in [0.05, 0.1) is 7.11 Å². The van der Waals surface area contributed by atoms with E-state index in [0.29, 0.717) is 18.4 Å². The van der Waals surface area contributed by atoms with E-state index in [-0.39, 0.29) is 0 Å². The Labute approximate surface area is 140 Å². The van der Waals surface area contributed by atoms with Gasteiger partial charge in [-0.2, -0.15) is 0 Å². The van der Waals surface area contributed by atoms with E-state index in [1.54, 1.807) is 7.11 Å². The normalized spacial score (nSPS) is 12.4. The smallest absolute Gasteiger partial charge is 0.122 e. The molecule has 2 nitrogen and oxygen atoms in total. The van der Waals surface area contributed by atoms with Gasteiger partial charge in [-0.25, -0.2) is 0 Å². The molecule has 2 N–H and O–H groups in total. The Bertz CT molecular complexity index is 616. The van der Waals surface area contributed by atoms with Gasteiger partial charge >= 0.3 is 0 Å². The van der Waals surface area contributed by atoms with Crippen molar-refractivity contribution >= 4 is 0 Å². The Morgan fingerprint density at radius 1 is 1.00 bits per heavy atom. The van der Waals surface area contributed by atoms with Crippen LogP contribution in [0.15, 0.2) is 42.5 Å². The topological polar surface area (TPSA) is 35.2 Å². The van der Waals surface area contributed by atoms with Crippen molar-refractivity contribution in [1.82, 2.24) is 0 Å². The van der Waals surface area contributed by atoms with Gasteiger partial charge in [0, 0.05) is 5.92 Å². The molecule has 0 heterocycles. The molecule has 1 unspecified atom stereocenters. The summed E-state index contributed by atoms with van der Waals surface area (Å²) in [6.07, 6.45) is 1.95. The minimum absolute atomic E-state index is 0.344. The molecule has 0 saturated heterocycles. The van der Waals surface area contributed by atoms with Crippen molar-refractivity contribution in [3.63, 3.8) is 0 Å². The Morgan fingerprint density at radius 2 is 1.65 bits per heavy atom. The van der Waals surface area contributed by atoms with Crippen molar-refractivity contribution in [1.29, 1.82) is 0 Å². The van der Waals surface area contributed by atoms with Crippen molar-refractivity contribution in [2.24, 2.45) is 5.73 Å². The van der Waals surface area contributed by atoms with Gasteiger partial charge in [-0.1, -0.05) is 57.2 Å². The first-order chi connectivity index (χ1) is 11.1. The molecule has 0 bridgehead atoms. The summed E-state index contributed by atoms with van der Waals surface area (Å²) in [6, 6.07) is 15.4.